The average Bonchev–Trinajstić information content (AvgIpc) is 3.40. The number of likely N-dealkylation sites (N-methyl/N-ethyl adjacent to an activating group) is 1. The van der Waals surface area contributed by atoms with Crippen LogP contribution in [-0.4, -0.2) is 103 Å². The molecule has 3 aliphatic carbocycles. The van der Waals surface area contributed by atoms with E-state index in [0.29, 0.717) is 11.8 Å². The van der Waals surface area contributed by atoms with E-state index in [1.165, 1.54) is 49.8 Å². The molecule has 1 amide bonds. The van der Waals surface area contributed by atoms with Gasteiger partial charge in [0.2, 0.25) is 0 Å². The Bertz CT molecular complexity index is 890. The molecule has 0 aromatic rings. The normalized spacial score (nSPS) is 42.3. The predicted octanol–water partition coefficient (Wildman–Crippen LogP) is 2.36. The first-order valence-corrected chi connectivity index (χ1v) is 14.4. The second-order valence-electron chi connectivity index (χ2n) is 12.3. The van der Waals surface area contributed by atoms with Gasteiger partial charge in [-0.3, -0.25) is 9.59 Å². The summed E-state index contributed by atoms with van der Waals surface area (Å²) in [5.74, 6) is 0.204. The van der Waals surface area contributed by atoms with Gasteiger partial charge in [-0.25, -0.2) is 4.39 Å². The van der Waals surface area contributed by atoms with E-state index in [-0.39, 0.29) is 48.0 Å². The molecule has 6 rings (SSSR count). The van der Waals surface area contributed by atoms with Crippen LogP contribution < -0.4 is 5.32 Å². The number of ketones is 1. The Morgan fingerprint density at radius 3 is 2.67 bits per heavy atom. The van der Waals surface area contributed by atoms with E-state index in [0.717, 1.165) is 32.6 Å². The van der Waals surface area contributed by atoms with Crippen molar-refractivity contribution in [1.82, 2.24) is 20.0 Å². The summed E-state index contributed by atoms with van der Waals surface area (Å²) in [5, 5.41) is 3.53. The summed E-state index contributed by atoms with van der Waals surface area (Å²) in [7, 11) is 3.37. The molecule has 9 atom stereocenters. The lowest BCUT2D eigenvalue weighted by molar-refractivity contribution is -0.215. The van der Waals surface area contributed by atoms with E-state index in [1.54, 1.807) is 14.1 Å². The molecule has 36 heavy (non-hydrogen) atoms. The van der Waals surface area contributed by atoms with Gasteiger partial charge in [-0.05, 0) is 63.5 Å². The van der Waals surface area contributed by atoms with Gasteiger partial charge in [0.25, 0.3) is 5.91 Å². The quantitative estimate of drug-likeness (QED) is 0.583. The van der Waals surface area contributed by atoms with Gasteiger partial charge in [0.15, 0.2) is 5.78 Å². The number of Topliss-reactive ketones (excluding diaryl/α,β-unsaturated/α-hetero) is 1. The number of carbonyl (C=O) groups is 2. The molecule has 5 fully saturated rings. The van der Waals surface area contributed by atoms with Crippen molar-refractivity contribution in [3.05, 3.63) is 11.8 Å². The number of nitrogens with zero attached hydrogens (tertiary/aromatic N) is 3. The Kier molecular flexibility index (Phi) is 6.88. The molecular weight excluding hydrogens is 459 g/mol. The molecule has 2 saturated heterocycles. The van der Waals surface area contributed by atoms with Crippen molar-refractivity contribution >= 4 is 11.7 Å². The van der Waals surface area contributed by atoms with Gasteiger partial charge in [0, 0.05) is 39.3 Å². The molecule has 200 valence electrons. The molecule has 9 unspecified atom stereocenters. The van der Waals surface area contributed by atoms with Crippen LogP contribution in [0.4, 0.5) is 4.39 Å². The predicted molar refractivity (Wildman–Crippen MR) is 135 cm³/mol. The fourth-order valence-electron chi connectivity index (χ4n) is 8.44. The lowest BCUT2D eigenvalue weighted by Crippen LogP contribution is -2.74. The molecule has 1 N–H and O–H groups in total. The number of hydrogen-bond acceptors (Lipinski definition) is 6. The van der Waals surface area contributed by atoms with Gasteiger partial charge in [-0.15, -0.1) is 0 Å². The second-order valence-corrected chi connectivity index (χ2v) is 12.3. The van der Waals surface area contributed by atoms with Gasteiger partial charge in [0.1, 0.15) is 6.17 Å². The lowest BCUT2D eigenvalue weighted by Gasteiger charge is -2.62. The van der Waals surface area contributed by atoms with E-state index in [4.69, 9.17) is 4.74 Å². The molecule has 0 aromatic carbocycles. The largest absolute Gasteiger partial charge is 0.369 e. The van der Waals surface area contributed by atoms with E-state index >= 15 is 4.39 Å². The first-order valence-electron chi connectivity index (χ1n) is 14.4. The molecule has 3 saturated carbocycles. The van der Waals surface area contributed by atoms with Crippen molar-refractivity contribution in [1.29, 1.82) is 0 Å². The number of rotatable bonds is 5. The van der Waals surface area contributed by atoms with Gasteiger partial charge < -0.3 is 24.8 Å². The second kappa shape index (κ2) is 9.99. The highest BCUT2D eigenvalue weighted by molar-refractivity contribution is 6.20. The van der Waals surface area contributed by atoms with Crippen molar-refractivity contribution in [2.45, 2.75) is 94.3 Å². The van der Waals surface area contributed by atoms with Crippen LogP contribution in [-0.2, 0) is 14.3 Å². The summed E-state index contributed by atoms with van der Waals surface area (Å²) < 4.78 is 22.7. The minimum atomic E-state index is -1.17. The molecular formula is C28H43FN4O3. The maximum absolute atomic E-state index is 15.8. The third-order valence-corrected chi connectivity index (χ3v) is 10.1. The van der Waals surface area contributed by atoms with Crippen LogP contribution in [0.5, 0.6) is 0 Å². The number of ether oxygens (including phenoxy) is 1. The van der Waals surface area contributed by atoms with E-state index in [1.807, 2.05) is 6.20 Å². The van der Waals surface area contributed by atoms with Crippen molar-refractivity contribution in [2.75, 3.05) is 40.3 Å². The van der Waals surface area contributed by atoms with E-state index < -0.39 is 18.1 Å². The summed E-state index contributed by atoms with van der Waals surface area (Å²) in [6.07, 6.45) is 10.1. The summed E-state index contributed by atoms with van der Waals surface area (Å²) in [4.78, 5) is 33.0. The highest BCUT2D eigenvalue weighted by Gasteiger charge is 2.60. The summed E-state index contributed by atoms with van der Waals surface area (Å²) in [6, 6.07) is -0.449. The van der Waals surface area contributed by atoms with Gasteiger partial charge in [-0.1, -0.05) is 19.3 Å². The maximum Gasteiger partial charge on any atom is 0.258 e. The average molecular weight is 503 g/mol. The van der Waals surface area contributed by atoms with Crippen LogP contribution in [0.2, 0.25) is 0 Å². The highest BCUT2D eigenvalue weighted by atomic mass is 19.1. The Balaban J connectivity index is 1.32. The third-order valence-electron chi connectivity index (χ3n) is 10.1. The fourth-order valence-corrected chi connectivity index (χ4v) is 8.44. The number of hydrogen-bond donors (Lipinski definition) is 1. The minimum Gasteiger partial charge on any atom is -0.369 e. The molecule has 3 heterocycles. The number of amides is 1. The number of fused-ring (bicyclic) bond motifs is 4. The molecule has 0 aromatic heterocycles. The van der Waals surface area contributed by atoms with Gasteiger partial charge in [-0.2, -0.15) is 0 Å². The number of carbonyl (C=O) groups excluding carboxylic acids is 2. The molecule has 3 aliphatic heterocycles. The lowest BCUT2D eigenvalue weighted by atomic mass is 9.63. The monoisotopic (exact) mass is 502 g/mol. The Morgan fingerprint density at radius 1 is 1.11 bits per heavy atom. The van der Waals surface area contributed by atoms with Crippen molar-refractivity contribution in [3.63, 3.8) is 0 Å². The number of halogens is 1. The SMILES string of the molecule is CN(C)C(=O)C1=CN2C3C(CCC4CCCCC43)OC3C(NCCN4CCCC4)C(F)CC(C1=O)C32. The van der Waals surface area contributed by atoms with Crippen LogP contribution in [0.1, 0.15) is 57.8 Å². The summed E-state index contributed by atoms with van der Waals surface area (Å²) in [6.45, 7) is 3.90. The summed E-state index contributed by atoms with van der Waals surface area (Å²) >= 11 is 0. The zero-order chi connectivity index (χ0) is 25.0. The molecule has 0 bridgehead atoms. The van der Waals surface area contributed by atoms with Crippen LogP contribution in [0.15, 0.2) is 11.8 Å². The smallest absolute Gasteiger partial charge is 0.258 e. The summed E-state index contributed by atoms with van der Waals surface area (Å²) in [5.41, 5.74) is 0.228. The van der Waals surface area contributed by atoms with Crippen molar-refractivity contribution in [3.8, 4) is 0 Å². The number of alkyl halides is 1. The molecule has 0 radical (unpaired) electrons. The molecule has 6 aliphatic rings. The first-order chi connectivity index (χ1) is 17.4. The zero-order valence-corrected chi connectivity index (χ0v) is 21.9. The van der Waals surface area contributed by atoms with Crippen LogP contribution in [0, 0.1) is 17.8 Å². The number of likely N-dealkylation sites (tertiary alicyclic amines) is 1. The Labute approximate surface area is 214 Å². The molecule has 0 spiro atoms. The van der Waals surface area contributed by atoms with Crippen molar-refractivity contribution < 1.29 is 18.7 Å². The molecule has 8 heteroatoms. The molecule has 7 nitrogen and oxygen atoms in total. The topological polar surface area (TPSA) is 65.1 Å². The number of nitrogens with one attached hydrogen (secondary N) is 1. The zero-order valence-electron chi connectivity index (χ0n) is 21.9. The Morgan fingerprint density at radius 2 is 1.89 bits per heavy atom. The third kappa shape index (κ3) is 4.21. The van der Waals surface area contributed by atoms with Crippen LogP contribution in [0.25, 0.3) is 0 Å². The van der Waals surface area contributed by atoms with Crippen molar-refractivity contribution in [2.24, 2.45) is 17.8 Å². The van der Waals surface area contributed by atoms with Crippen LogP contribution in [0.3, 0.4) is 0 Å². The minimum absolute atomic E-state index is 0.0274. The maximum atomic E-state index is 15.8. The van der Waals surface area contributed by atoms with E-state index in [2.05, 4.69) is 15.1 Å². The van der Waals surface area contributed by atoms with Gasteiger partial charge >= 0.3 is 0 Å². The van der Waals surface area contributed by atoms with Gasteiger partial charge in [0.05, 0.1) is 35.9 Å². The highest BCUT2D eigenvalue weighted by Crippen LogP contribution is 2.51. The van der Waals surface area contributed by atoms with E-state index in [9.17, 15) is 9.59 Å². The standard InChI is InChI=1S/C28H43FN4O3/c1-31(2)28(35)20-16-33-24-18-8-4-3-7-17(18)9-10-22(24)36-27-23(30-11-14-32-12-5-6-13-32)21(29)15-19(25(27)33)26(20)34/h16-19,21-25,27,30H,3-15H2,1-2H3. The van der Waals surface area contributed by atoms with Crippen LogP contribution >= 0.6 is 0 Å². The fraction of sp³-hybridized carbons (Fsp3) is 0.857. The first kappa shape index (κ1) is 24.8. The number of morpholine rings is 1. The Hall–Kier alpha value is -1.51.